The fourth-order valence-electron chi connectivity index (χ4n) is 2.44. The molecule has 0 aliphatic carbocycles. The highest BCUT2D eigenvalue weighted by atomic mass is 16.5. The summed E-state index contributed by atoms with van der Waals surface area (Å²) in [7, 11) is 0. The van der Waals surface area contributed by atoms with Gasteiger partial charge in [0, 0.05) is 5.56 Å². The van der Waals surface area contributed by atoms with Gasteiger partial charge in [-0.15, -0.1) is 0 Å². The second-order valence-corrected chi connectivity index (χ2v) is 5.49. The van der Waals surface area contributed by atoms with Crippen molar-refractivity contribution in [2.75, 3.05) is 6.61 Å². The molecular formula is C19H21NO4. The molecule has 0 spiro atoms. The SMILES string of the molecule is CCOc1ccc(C(=O)NC(C(=O)O)c2cccc(C)c2C)cc1. The Kier molecular flexibility index (Phi) is 5.58. The first-order valence-electron chi connectivity index (χ1n) is 7.76. The fraction of sp³-hybridized carbons (Fsp3) is 0.263. The zero-order valence-corrected chi connectivity index (χ0v) is 14.0. The molecular weight excluding hydrogens is 306 g/mol. The Bertz CT molecular complexity index is 738. The van der Waals surface area contributed by atoms with Gasteiger partial charge >= 0.3 is 5.97 Å². The molecule has 5 heteroatoms. The minimum absolute atomic E-state index is 0.384. The monoisotopic (exact) mass is 327 g/mol. The molecule has 126 valence electrons. The fourth-order valence-corrected chi connectivity index (χ4v) is 2.44. The third-order valence-corrected chi connectivity index (χ3v) is 3.91. The predicted octanol–water partition coefficient (Wildman–Crippen LogP) is 3.26. The maximum atomic E-state index is 12.4. The van der Waals surface area contributed by atoms with Gasteiger partial charge in [-0.05, 0) is 61.7 Å². The van der Waals surface area contributed by atoms with Crippen LogP contribution in [-0.2, 0) is 4.79 Å². The van der Waals surface area contributed by atoms with E-state index in [4.69, 9.17) is 4.74 Å². The van der Waals surface area contributed by atoms with Gasteiger partial charge in [0.05, 0.1) is 6.61 Å². The first-order valence-corrected chi connectivity index (χ1v) is 7.76. The van der Waals surface area contributed by atoms with Crippen LogP contribution in [0.3, 0.4) is 0 Å². The molecule has 0 radical (unpaired) electrons. The molecule has 0 bridgehead atoms. The highest BCUT2D eigenvalue weighted by Crippen LogP contribution is 2.21. The number of benzene rings is 2. The van der Waals surface area contributed by atoms with Crippen molar-refractivity contribution in [3.05, 3.63) is 64.7 Å². The second-order valence-electron chi connectivity index (χ2n) is 5.49. The van der Waals surface area contributed by atoms with Gasteiger partial charge in [-0.25, -0.2) is 4.79 Å². The van der Waals surface area contributed by atoms with Gasteiger partial charge in [-0.1, -0.05) is 18.2 Å². The van der Waals surface area contributed by atoms with Gasteiger partial charge in [0.25, 0.3) is 5.91 Å². The summed E-state index contributed by atoms with van der Waals surface area (Å²) in [5, 5.41) is 12.1. The molecule has 24 heavy (non-hydrogen) atoms. The lowest BCUT2D eigenvalue weighted by atomic mass is 9.97. The normalized spacial score (nSPS) is 11.6. The Morgan fingerprint density at radius 3 is 2.38 bits per heavy atom. The van der Waals surface area contributed by atoms with Crippen molar-refractivity contribution in [1.82, 2.24) is 5.32 Å². The Morgan fingerprint density at radius 2 is 1.79 bits per heavy atom. The van der Waals surface area contributed by atoms with Crippen molar-refractivity contribution >= 4 is 11.9 Å². The number of ether oxygens (including phenoxy) is 1. The molecule has 0 fully saturated rings. The standard InChI is InChI=1S/C19H21NO4/c1-4-24-15-10-8-14(9-11-15)18(21)20-17(19(22)23)16-7-5-6-12(2)13(16)3/h5-11,17H,4H2,1-3H3,(H,20,21)(H,22,23). The number of aryl methyl sites for hydroxylation is 1. The minimum atomic E-state index is -1.09. The van der Waals surface area contributed by atoms with Crippen LogP contribution in [0.25, 0.3) is 0 Å². The Morgan fingerprint density at radius 1 is 1.12 bits per heavy atom. The molecule has 0 saturated carbocycles. The molecule has 2 aromatic rings. The molecule has 2 aromatic carbocycles. The molecule has 1 unspecified atom stereocenters. The van der Waals surface area contributed by atoms with E-state index in [-0.39, 0.29) is 0 Å². The van der Waals surface area contributed by atoms with Gasteiger partial charge in [-0.3, -0.25) is 4.79 Å². The lowest BCUT2D eigenvalue weighted by Crippen LogP contribution is -2.34. The van der Waals surface area contributed by atoms with Crippen LogP contribution < -0.4 is 10.1 Å². The number of amides is 1. The molecule has 5 nitrogen and oxygen atoms in total. The molecule has 1 atom stereocenters. The van der Waals surface area contributed by atoms with E-state index in [1.807, 2.05) is 26.8 Å². The van der Waals surface area contributed by atoms with Crippen LogP contribution in [0.5, 0.6) is 5.75 Å². The molecule has 2 rings (SSSR count). The number of carboxylic acid groups (broad SMARTS) is 1. The quantitative estimate of drug-likeness (QED) is 0.854. The van der Waals surface area contributed by atoms with E-state index < -0.39 is 17.9 Å². The Labute approximate surface area is 141 Å². The maximum Gasteiger partial charge on any atom is 0.330 e. The maximum absolute atomic E-state index is 12.4. The van der Waals surface area contributed by atoms with Crippen LogP contribution >= 0.6 is 0 Å². The van der Waals surface area contributed by atoms with Crippen LogP contribution in [0.4, 0.5) is 0 Å². The van der Waals surface area contributed by atoms with Gasteiger partial charge in [0.2, 0.25) is 0 Å². The number of nitrogens with one attached hydrogen (secondary N) is 1. The van der Waals surface area contributed by atoms with Gasteiger partial charge < -0.3 is 15.2 Å². The van der Waals surface area contributed by atoms with Crippen molar-refractivity contribution in [3.8, 4) is 5.75 Å². The van der Waals surface area contributed by atoms with Crippen molar-refractivity contribution < 1.29 is 19.4 Å². The van der Waals surface area contributed by atoms with E-state index in [1.165, 1.54) is 0 Å². The summed E-state index contributed by atoms with van der Waals surface area (Å²) in [5.74, 6) is -0.868. The van der Waals surface area contributed by atoms with E-state index >= 15 is 0 Å². The molecule has 2 N–H and O–H groups in total. The van der Waals surface area contributed by atoms with E-state index in [2.05, 4.69) is 5.32 Å². The average molecular weight is 327 g/mol. The minimum Gasteiger partial charge on any atom is -0.494 e. The number of hydrogen-bond donors (Lipinski definition) is 2. The first kappa shape index (κ1) is 17.5. The van der Waals surface area contributed by atoms with Crippen LogP contribution in [-0.4, -0.2) is 23.6 Å². The topological polar surface area (TPSA) is 75.6 Å². The lowest BCUT2D eigenvalue weighted by Gasteiger charge is -2.18. The van der Waals surface area contributed by atoms with Crippen molar-refractivity contribution in [3.63, 3.8) is 0 Å². The van der Waals surface area contributed by atoms with Crippen molar-refractivity contribution in [2.24, 2.45) is 0 Å². The smallest absolute Gasteiger partial charge is 0.330 e. The average Bonchev–Trinajstić information content (AvgIpc) is 2.56. The highest BCUT2D eigenvalue weighted by molar-refractivity contribution is 5.97. The zero-order chi connectivity index (χ0) is 17.7. The molecule has 0 heterocycles. The van der Waals surface area contributed by atoms with Gasteiger partial charge in [0.15, 0.2) is 6.04 Å². The third-order valence-electron chi connectivity index (χ3n) is 3.91. The summed E-state index contributed by atoms with van der Waals surface area (Å²) in [4.78, 5) is 24.0. The van der Waals surface area contributed by atoms with Gasteiger partial charge in [-0.2, -0.15) is 0 Å². The summed E-state index contributed by atoms with van der Waals surface area (Å²) >= 11 is 0. The molecule has 0 aromatic heterocycles. The Hall–Kier alpha value is -2.82. The molecule has 0 aliphatic rings. The van der Waals surface area contributed by atoms with Crippen LogP contribution in [0.15, 0.2) is 42.5 Å². The van der Waals surface area contributed by atoms with E-state index in [0.717, 1.165) is 11.1 Å². The van der Waals surface area contributed by atoms with E-state index in [0.29, 0.717) is 23.5 Å². The summed E-state index contributed by atoms with van der Waals surface area (Å²) in [5.41, 5.74) is 2.81. The van der Waals surface area contributed by atoms with Crippen LogP contribution in [0.2, 0.25) is 0 Å². The van der Waals surface area contributed by atoms with Crippen LogP contribution in [0.1, 0.15) is 40.0 Å². The molecule has 0 saturated heterocycles. The zero-order valence-electron chi connectivity index (χ0n) is 14.0. The first-order chi connectivity index (χ1) is 11.4. The van der Waals surface area contributed by atoms with Crippen molar-refractivity contribution in [1.29, 1.82) is 0 Å². The lowest BCUT2D eigenvalue weighted by molar-refractivity contribution is -0.139. The van der Waals surface area contributed by atoms with E-state index in [1.54, 1.807) is 36.4 Å². The van der Waals surface area contributed by atoms with Gasteiger partial charge in [0.1, 0.15) is 5.75 Å². The second kappa shape index (κ2) is 7.64. The van der Waals surface area contributed by atoms with Crippen LogP contribution in [0, 0.1) is 13.8 Å². The third kappa shape index (κ3) is 3.93. The summed E-state index contributed by atoms with van der Waals surface area (Å²) in [6.07, 6.45) is 0. The number of carbonyl (C=O) groups excluding carboxylic acids is 1. The Balaban J connectivity index is 2.23. The number of rotatable bonds is 6. The highest BCUT2D eigenvalue weighted by Gasteiger charge is 2.24. The van der Waals surface area contributed by atoms with E-state index in [9.17, 15) is 14.7 Å². The summed E-state index contributed by atoms with van der Waals surface area (Å²) < 4.78 is 5.33. The number of carboxylic acids is 1. The number of hydrogen-bond acceptors (Lipinski definition) is 3. The number of carbonyl (C=O) groups is 2. The molecule has 1 amide bonds. The van der Waals surface area contributed by atoms with Crippen molar-refractivity contribution in [2.45, 2.75) is 26.8 Å². The molecule has 0 aliphatic heterocycles. The largest absolute Gasteiger partial charge is 0.494 e. The summed E-state index contributed by atoms with van der Waals surface area (Å²) in [6.45, 7) is 6.18. The summed E-state index contributed by atoms with van der Waals surface area (Å²) in [6, 6.07) is 10.9. The predicted molar refractivity (Wildman–Crippen MR) is 91.4 cm³/mol. The number of aliphatic carboxylic acids is 1.